The number of rotatable bonds is 7. The summed E-state index contributed by atoms with van der Waals surface area (Å²) in [5.74, 6) is 1.47. The van der Waals surface area contributed by atoms with Crippen molar-refractivity contribution in [3.8, 4) is 11.6 Å². The van der Waals surface area contributed by atoms with Crippen LogP contribution in [0.15, 0.2) is 59.7 Å². The van der Waals surface area contributed by atoms with Gasteiger partial charge in [0, 0.05) is 32.0 Å². The van der Waals surface area contributed by atoms with Gasteiger partial charge in [0.1, 0.15) is 17.1 Å². The summed E-state index contributed by atoms with van der Waals surface area (Å²) < 4.78 is 5.91. The van der Waals surface area contributed by atoms with E-state index in [1.165, 1.54) is 6.42 Å². The summed E-state index contributed by atoms with van der Waals surface area (Å²) in [5.41, 5.74) is 4.27. The number of nitrogens with zero attached hydrogens (tertiary/aromatic N) is 3. The number of amidine groups is 1. The Bertz CT molecular complexity index is 887. The lowest BCUT2D eigenvalue weighted by molar-refractivity contribution is 0.0747. The van der Waals surface area contributed by atoms with Crippen molar-refractivity contribution in [2.24, 2.45) is 4.99 Å². The van der Waals surface area contributed by atoms with Crippen molar-refractivity contribution in [3.05, 3.63) is 60.3 Å². The standard InChI is InChI=1S/C23H29N5O2/c1-3-4-10-21(24-2)26-18-11-13-19(14-12-18)30-23-20(9-8-15-25-23)22(29)27-28-16-6-5-7-17-28/h4,8-15H,3,5-7,16-17H2,1-2H3,(H,24,26)(H,27,29)/b10-4-. The molecule has 2 N–H and O–H groups in total. The number of aromatic nitrogens is 1. The molecule has 7 heteroatoms. The minimum atomic E-state index is -0.204. The first-order chi connectivity index (χ1) is 14.7. The zero-order chi connectivity index (χ0) is 21.2. The molecule has 0 bridgehead atoms. The fourth-order valence-corrected chi connectivity index (χ4v) is 3.12. The fourth-order valence-electron chi connectivity index (χ4n) is 3.12. The molecule has 0 radical (unpaired) electrons. The number of pyridine rings is 1. The molecule has 2 heterocycles. The van der Waals surface area contributed by atoms with Gasteiger partial charge in [0.25, 0.3) is 5.91 Å². The number of nitrogens with one attached hydrogen (secondary N) is 2. The molecular weight excluding hydrogens is 378 g/mol. The smallest absolute Gasteiger partial charge is 0.271 e. The minimum absolute atomic E-state index is 0.204. The summed E-state index contributed by atoms with van der Waals surface area (Å²) in [6, 6.07) is 10.9. The first-order valence-corrected chi connectivity index (χ1v) is 10.4. The summed E-state index contributed by atoms with van der Waals surface area (Å²) in [6.07, 6.45) is 9.96. The highest BCUT2D eigenvalue weighted by Crippen LogP contribution is 2.24. The predicted octanol–water partition coefficient (Wildman–Crippen LogP) is 4.41. The Labute approximate surface area is 177 Å². The van der Waals surface area contributed by atoms with Crippen LogP contribution in [0.25, 0.3) is 0 Å². The van der Waals surface area contributed by atoms with Crippen molar-refractivity contribution in [1.29, 1.82) is 0 Å². The Kier molecular flexibility index (Phi) is 7.97. The Balaban J connectivity index is 1.66. The largest absolute Gasteiger partial charge is 0.438 e. The number of hydrogen-bond donors (Lipinski definition) is 2. The van der Waals surface area contributed by atoms with Crippen LogP contribution in [-0.4, -0.2) is 41.9 Å². The van der Waals surface area contributed by atoms with E-state index in [1.807, 2.05) is 41.4 Å². The first-order valence-electron chi connectivity index (χ1n) is 10.4. The summed E-state index contributed by atoms with van der Waals surface area (Å²) in [7, 11) is 1.75. The number of anilines is 1. The summed E-state index contributed by atoms with van der Waals surface area (Å²) in [6.45, 7) is 3.81. The number of ether oxygens (including phenoxy) is 1. The third-order valence-electron chi connectivity index (χ3n) is 4.73. The van der Waals surface area contributed by atoms with Gasteiger partial charge in [0.05, 0.1) is 0 Å². The maximum absolute atomic E-state index is 12.7. The lowest BCUT2D eigenvalue weighted by atomic mass is 10.2. The molecule has 1 aromatic carbocycles. The van der Waals surface area contributed by atoms with Gasteiger partial charge >= 0.3 is 0 Å². The molecule has 0 atom stereocenters. The highest BCUT2D eigenvalue weighted by molar-refractivity contribution is 6.03. The molecule has 7 nitrogen and oxygen atoms in total. The van der Waals surface area contributed by atoms with Gasteiger partial charge in [-0.25, -0.2) is 9.99 Å². The van der Waals surface area contributed by atoms with Crippen LogP contribution in [0.3, 0.4) is 0 Å². The van der Waals surface area contributed by atoms with E-state index >= 15 is 0 Å². The third-order valence-corrected chi connectivity index (χ3v) is 4.73. The molecule has 3 rings (SSSR count). The van der Waals surface area contributed by atoms with Crippen molar-refractivity contribution < 1.29 is 9.53 Å². The van der Waals surface area contributed by atoms with Gasteiger partial charge in [0.15, 0.2) is 0 Å². The monoisotopic (exact) mass is 407 g/mol. The van der Waals surface area contributed by atoms with Gasteiger partial charge in [0.2, 0.25) is 5.88 Å². The second-order valence-electron chi connectivity index (χ2n) is 7.02. The third kappa shape index (κ3) is 6.15. The Morgan fingerprint density at radius 2 is 1.97 bits per heavy atom. The number of benzene rings is 1. The summed E-state index contributed by atoms with van der Waals surface area (Å²) in [5, 5.41) is 5.21. The lowest BCUT2D eigenvalue weighted by Crippen LogP contribution is -2.45. The quantitative estimate of drug-likeness (QED) is 0.525. The summed E-state index contributed by atoms with van der Waals surface area (Å²) in [4.78, 5) is 21.2. The van der Waals surface area contributed by atoms with Crippen LogP contribution in [-0.2, 0) is 0 Å². The van der Waals surface area contributed by atoms with Crippen molar-refractivity contribution in [2.75, 3.05) is 25.5 Å². The van der Waals surface area contributed by atoms with Crippen LogP contribution < -0.4 is 15.5 Å². The number of aliphatic imine (C=N–C) groups is 1. The SMILES string of the molecule is CC/C=C\C(=NC)Nc1ccc(Oc2ncccc2C(=O)NN2CCCCC2)cc1. The molecule has 0 aliphatic carbocycles. The maximum atomic E-state index is 12.7. The van der Waals surface area contributed by atoms with Gasteiger partial charge < -0.3 is 10.1 Å². The van der Waals surface area contributed by atoms with E-state index < -0.39 is 0 Å². The molecule has 1 amide bonds. The first kappa shape index (κ1) is 21.5. The number of piperidine rings is 1. The second kappa shape index (κ2) is 11.1. The predicted molar refractivity (Wildman–Crippen MR) is 120 cm³/mol. The number of carbonyl (C=O) groups excluding carboxylic acids is 1. The van der Waals surface area contributed by atoms with Crippen LogP contribution in [0.2, 0.25) is 0 Å². The van der Waals surface area contributed by atoms with Gasteiger partial charge in [-0.3, -0.25) is 15.2 Å². The zero-order valence-corrected chi connectivity index (χ0v) is 17.6. The Hall–Kier alpha value is -3.19. The average Bonchev–Trinajstić information content (AvgIpc) is 2.79. The molecule has 1 aromatic heterocycles. The average molecular weight is 408 g/mol. The van der Waals surface area contributed by atoms with Crippen molar-refractivity contribution in [2.45, 2.75) is 32.6 Å². The Morgan fingerprint density at radius 3 is 2.67 bits per heavy atom. The summed E-state index contributed by atoms with van der Waals surface area (Å²) >= 11 is 0. The van der Waals surface area contributed by atoms with Gasteiger partial charge in [-0.2, -0.15) is 0 Å². The topological polar surface area (TPSA) is 78.8 Å². The molecule has 1 aliphatic heterocycles. The van der Waals surface area contributed by atoms with E-state index in [2.05, 4.69) is 27.6 Å². The highest BCUT2D eigenvalue weighted by atomic mass is 16.5. The normalized spacial score (nSPS) is 15.2. The lowest BCUT2D eigenvalue weighted by Gasteiger charge is -2.26. The van der Waals surface area contributed by atoms with Gasteiger partial charge in [-0.15, -0.1) is 0 Å². The van der Waals surface area contributed by atoms with Crippen LogP contribution >= 0.6 is 0 Å². The molecule has 1 fully saturated rings. The molecule has 0 unspecified atom stereocenters. The highest BCUT2D eigenvalue weighted by Gasteiger charge is 2.18. The minimum Gasteiger partial charge on any atom is -0.438 e. The van der Waals surface area contributed by atoms with Crippen LogP contribution in [0.4, 0.5) is 5.69 Å². The molecule has 158 valence electrons. The number of amides is 1. The molecular formula is C23H29N5O2. The van der Waals surface area contributed by atoms with E-state index in [1.54, 1.807) is 25.4 Å². The number of allylic oxidation sites excluding steroid dienone is 1. The van der Waals surface area contributed by atoms with Crippen molar-refractivity contribution >= 4 is 17.4 Å². The van der Waals surface area contributed by atoms with Crippen LogP contribution in [0, 0.1) is 0 Å². The number of carbonyl (C=O) groups is 1. The Morgan fingerprint density at radius 1 is 1.20 bits per heavy atom. The fraction of sp³-hybridized carbons (Fsp3) is 0.348. The van der Waals surface area contributed by atoms with Crippen molar-refractivity contribution in [3.63, 3.8) is 0 Å². The van der Waals surface area contributed by atoms with Gasteiger partial charge in [-0.1, -0.05) is 19.4 Å². The van der Waals surface area contributed by atoms with E-state index in [4.69, 9.17) is 4.74 Å². The number of hydrogen-bond acceptors (Lipinski definition) is 5. The van der Waals surface area contributed by atoms with E-state index in [9.17, 15) is 4.79 Å². The van der Waals surface area contributed by atoms with E-state index in [0.717, 1.165) is 43.9 Å². The van der Waals surface area contributed by atoms with E-state index in [0.29, 0.717) is 11.3 Å². The molecule has 1 saturated heterocycles. The molecule has 0 spiro atoms. The molecule has 2 aromatic rings. The maximum Gasteiger partial charge on any atom is 0.271 e. The van der Waals surface area contributed by atoms with E-state index in [-0.39, 0.29) is 11.8 Å². The number of hydrazine groups is 1. The molecule has 1 aliphatic rings. The zero-order valence-electron chi connectivity index (χ0n) is 17.6. The van der Waals surface area contributed by atoms with Crippen LogP contribution in [0.5, 0.6) is 11.6 Å². The van der Waals surface area contributed by atoms with Crippen molar-refractivity contribution in [1.82, 2.24) is 15.4 Å². The second-order valence-corrected chi connectivity index (χ2v) is 7.02. The van der Waals surface area contributed by atoms with Gasteiger partial charge in [-0.05, 0) is 61.7 Å². The van der Waals surface area contributed by atoms with Crippen LogP contribution in [0.1, 0.15) is 43.0 Å². The molecule has 0 saturated carbocycles. The molecule has 30 heavy (non-hydrogen) atoms.